The molecule has 1 aromatic rings. The number of aryl methyl sites for hydroxylation is 1. The van der Waals surface area contributed by atoms with E-state index in [1.54, 1.807) is 0 Å². The molecule has 0 spiro atoms. The number of rotatable bonds is 4. The van der Waals surface area contributed by atoms with Crippen LogP contribution in [0.2, 0.25) is 0 Å². The van der Waals surface area contributed by atoms with E-state index < -0.39 is 0 Å². The third-order valence-electron chi connectivity index (χ3n) is 1.85. The molecule has 0 amide bonds. The molecule has 0 aromatic heterocycles. The van der Waals surface area contributed by atoms with Gasteiger partial charge >= 0.3 is 0 Å². The fourth-order valence-electron chi connectivity index (χ4n) is 1.18. The van der Waals surface area contributed by atoms with Gasteiger partial charge in [0.1, 0.15) is 0 Å². The second-order valence-corrected chi connectivity index (χ2v) is 2.85. The van der Waals surface area contributed by atoms with E-state index >= 15 is 0 Å². The summed E-state index contributed by atoms with van der Waals surface area (Å²) in [6.07, 6.45) is 3.93. The smallest absolute Gasteiger partial charge is 0.0621 e. The van der Waals surface area contributed by atoms with Gasteiger partial charge in [0, 0.05) is 6.42 Å². The first-order valence-electron chi connectivity index (χ1n) is 4.34. The highest BCUT2D eigenvalue weighted by Crippen LogP contribution is 2.05. The van der Waals surface area contributed by atoms with Crippen molar-refractivity contribution >= 4 is 0 Å². The lowest BCUT2D eigenvalue weighted by Gasteiger charge is -1.97. The zero-order valence-corrected chi connectivity index (χ0v) is 7.16. The van der Waals surface area contributed by atoms with Gasteiger partial charge < -0.3 is 0 Å². The van der Waals surface area contributed by atoms with E-state index in [0.29, 0.717) is 6.42 Å². The van der Waals surface area contributed by atoms with Crippen LogP contribution in [0.15, 0.2) is 30.3 Å². The van der Waals surface area contributed by atoms with Gasteiger partial charge in [-0.05, 0) is 24.8 Å². The Morgan fingerprint density at radius 3 is 2.50 bits per heavy atom. The number of nitrogens with zero attached hydrogens (tertiary/aromatic N) is 1. The minimum Gasteiger partial charge on any atom is -0.198 e. The average Bonchev–Trinajstić information content (AvgIpc) is 2.14. The zero-order chi connectivity index (χ0) is 8.65. The normalized spacial score (nSPS) is 9.25. The van der Waals surface area contributed by atoms with Crippen molar-refractivity contribution in [1.82, 2.24) is 0 Å². The fraction of sp³-hybridized carbons (Fsp3) is 0.364. The predicted octanol–water partition coefficient (Wildman–Crippen LogP) is 2.92. The Morgan fingerprint density at radius 2 is 1.83 bits per heavy atom. The summed E-state index contributed by atoms with van der Waals surface area (Å²) in [7, 11) is 0. The monoisotopic (exact) mass is 159 g/mol. The summed E-state index contributed by atoms with van der Waals surface area (Å²) in [6.45, 7) is 0. The van der Waals surface area contributed by atoms with Crippen LogP contribution in [-0.4, -0.2) is 0 Å². The SMILES string of the molecule is N#CCCCCc1ccccc1. The van der Waals surface area contributed by atoms with Gasteiger partial charge in [-0.25, -0.2) is 0 Å². The van der Waals surface area contributed by atoms with Crippen LogP contribution >= 0.6 is 0 Å². The third-order valence-corrected chi connectivity index (χ3v) is 1.85. The molecule has 0 atom stereocenters. The van der Waals surface area contributed by atoms with Crippen LogP contribution in [0, 0.1) is 11.3 Å². The first-order valence-corrected chi connectivity index (χ1v) is 4.34. The second kappa shape index (κ2) is 5.37. The number of nitriles is 1. The Balaban J connectivity index is 2.21. The topological polar surface area (TPSA) is 23.8 Å². The van der Waals surface area contributed by atoms with Crippen molar-refractivity contribution in [3.8, 4) is 6.07 Å². The lowest BCUT2D eigenvalue weighted by atomic mass is 10.1. The van der Waals surface area contributed by atoms with Gasteiger partial charge in [0.15, 0.2) is 0 Å². The molecule has 1 rings (SSSR count). The van der Waals surface area contributed by atoms with Crippen LogP contribution in [-0.2, 0) is 6.42 Å². The van der Waals surface area contributed by atoms with Gasteiger partial charge in [-0.1, -0.05) is 30.3 Å². The summed E-state index contributed by atoms with van der Waals surface area (Å²) in [5.41, 5.74) is 1.37. The molecule has 62 valence electrons. The van der Waals surface area contributed by atoms with Gasteiger partial charge in [0.2, 0.25) is 0 Å². The molecular formula is C11H13N. The highest BCUT2D eigenvalue weighted by atomic mass is 14.2. The maximum atomic E-state index is 8.31. The summed E-state index contributed by atoms with van der Waals surface area (Å²) >= 11 is 0. The molecule has 0 heterocycles. The zero-order valence-electron chi connectivity index (χ0n) is 7.16. The van der Waals surface area contributed by atoms with Crippen molar-refractivity contribution in [3.63, 3.8) is 0 Å². The average molecular weight is 159 g/mol. The minimum absolute atomic E-state index is 0.687. The van der Waals surface area contributed by atoms with E-state index in [-0.39, 0.29) is 0 Å². The molecule has 0 radical (unpaired) electrons. The highest BCUT2D eigenvalue weighted by molar-refractivity contribution is 5.14. The van der Waals surface area contributed by atoms with Crippen molar-refractivity contribution in [2.45, 2.75) is 25.7 Å². The molecule has 0 fully saturated rings. The molecule has 0 aliphatic rings. The molecule has 1 heteroatoms. The van der Waals surface area contributed by atoms with E-state index in [1.807, 2.05) is 6.07 Å². The Labute approximate surface area is 73.6 Å². The van der Waals surface area contributed by atoms with E-state index in [9.17, 15) is 0 Å². The summed E-state index contributed by atoms with van der Waals surface area (Å²) in [4.78, 5) is 0. The molecule has 0 aliphatic heterocycles. The Morgan fingerprint density at radius 1 is 1.08 bits per heavy atom. The molecular weight excluding hydrogens is 146 g/mol. The van der Waals surface area contributed by atoms with Crippen molar-refractivity contribution in [2.75, 3.05) is 0 Å². The molecule has 0 bridgehead atoms. The van der Waals surface area contributed by atoms with Crippen LogP contribution in [0.5, 0.6) is 0 Å². The van der Waals surface area contributed by atoms with E-state index in [4.69, 9.17) is 5.26 Å². The van der Waals surface area contributed by atoms with Crippen molar-refractivity contribution in [2.24, 2.45) is 0 Å². The van der Waals surface area contributed by atoms with Crippen LogP contribution in [0.4, 0.5) is 0 Å². The minimum atomic E-state index is 0.687. The molecule has 0 saturated carbocycles. The Bertz CT molecular complexity index is 245. The molecule has 0 saturated heterocycles. The van der Waals surface area contributed by atoms with E-state index in [2.05, 4.69) is 30.3 Å². The predicted molar refractivity (Wildman–Crippen MR) is 49.6 cm³/mol. The highest BCUT2D eigenvalue weighted by Gasteiger charge is 1.90. The number of unbranched alkanes of at least 4 members (excludes halogenated alkanes) is 2. The first-order chi connectivity index (χ1) is 5.93. The molecule has 0 N–H and O–H groups in total. The summed E-state index contributed by atoms with van der Waals surface area (Å²) in [6, 6.07) is 12.6. The van der Waals surface area contributed by atoms with Gasteiger partial charge in [-0.15, -0.1) is 0 Å². The summed E-state index contributed by atoms with van der Waals surface area (Å²) in [5, 5.41) is 8.31. The van der Waals surface area contributed by atoms with E-state index in [0.717, 1.165) is 19.3 Å². The van der Waals surface area contributed by atoms with Gasteiger partial charge in [-0.3, -0.25) is 0 Å². The largest absolute Gasteiger partial charge is 0.198 e. The van der Waals surface area contributed by atoms with Gasteiger partial charge in [-0.2, -0.15) is 5.26 Å². The molecule has 1 aromatic carbocycles. The van der Waals surface area contributed by atoms with E-state index in [1.165, 1.54) is 5.56 Å². The van der Waals surface area contributed by atoms with Crippen molar-refractivity contribution < 1.29 is 0 Å². The van der Waals surface area contributed by atoms with Crippen molar-refractivity contribution in [3.05, 3.63) is 35.9 Å². The van der Waals surface area contributed by atoms with Crippen molar-refractivity contribution in [1.29, 1.82) is 5.26 Å². The summed E-state index contributed by atoms with van der Waals surface area (Å²) in [5.74, 6) is 0. The fourth-order valence-corrected chi connectivity index (χ4v) is 1.18. The molecule has 0 unspecified atom stereocenters. The third kappa shape index (κ3) is 3.21. The number of benzene rings is 1. The van der Waals surface area contributed by atoms with Crippen LogP contribution in [0.1, 0.15) is 24.8 Å². The maximum Gasteiger partial charge on any atom is 0.0621 e. The number of hydrogen-bond donors (Lipinski definition) is 0. The standard InChI is InChI=1S/C11H13N/c12-10-6-2-5-9-11-7-3-1-4-8-11/h1,3-4,7-8H,2,5-6,9H2. The van der Waals surface area contributed by atoms with Gasteiger partial charge in [0.25, 0.3) is 0 Å². The number of hydrogen-bond acceptors (Lipinski definition) is 1. The van der Waals surface area contributed by atoms with Crippen LogP contribution in [0.25, 0.3) is 0 Å². The molecule has 12 heavy (non-hydrogen) atoms. The van der Waals surface area contributed by atoms with Gasteiger partial charge in [0.05, 0.1) is 6.07 Å². The molecule has 1 nitrogen and oxygen atoms in total. The lowest BCUT2D eigenvalue weighted by Crippen LogP contribution is -1.83. The summed E-state index contributed by atoms with van der Waals surface area (Å²) < 4.78 is 0. The quantitative estimate of drug-likeness (QED) is 0.620. The lowest BCUT2D eigenvalue weighted by molar-refractivity contribution is 0.753. The molecule has 0 aliphatic carbocycles. The van der Waals surface area contributed by atoms with Crippen LogP contribution in [0.3, 0.4) is 0 Å². The maximum absolute atomic E-state index is 8.31. The second-order valence-electron chi connectivity index (χ2n) is 2.85. The Hall–Kier alpha value is -1.29. The Kier molecular flexibility index (Phi) is 3.94. The first kappa shape index (κ1) is 8.80. The van der Waals surface area contributed by atoms with Crippen LogP contribution < -0.4 is 0 Å².